The fourth-order valence-electron chi connectivity index (χ4n) is 0.944. The van der Waals surface area contributed by atoms with Crippen molar-refractivity contribution in [1.29, 1.82) is 0 Å². The van der Waals surface area contributed by atoms with E-state index in [4.69, 9.17) is 29.6 Å². The van der Waals surface area contributed by atoms with Crippen LogP contribution >= 0.6 is 23.8 Å². The van der Waals surface area contributed by atoms with Crippen LogP contribution in [0.2, 0.25) is 5.02 Å². The summed E-state index contributed by atoms with van der Waals surface area (Å²) in [6.07, 6.45) is 0. The molecule has 0 atom stereocenters. The SMILES string of the molecule is C/C(=N/NC(N)=O)C(=S)Nc1ccc(Cl)cc1. The lowest BCUT2D eigenvalue weighted by molar-refractivity contribution is 0.249. The van der Waals surface area contributed by atoms with Crippen molar-refractivity contribution < 1.29 is 4.79 Å². The molecule has 1 rings (SSSR count). The van der Waals surface area contributed by atoms with Crippen LogP contribution in [0.15, 0.2) is 29.4 Å². The second-order valence-electron chi connectivity index (χ2n) is 3.13. The summed E-state index contributed by atoms with van der Waals surface area (Å²) in [4.78, 5) is 10.8. The number of hydrazone groups is 1. The molecule has 0 heterocycles. The van der Waals surface area contributed by atoms with Gasteiger partial charge in [-0.05, 0) is 31.2 Å². The van der Waals surface area contributed by atoms with Crippen molar-refractivity contribution in [2.75, 3.05) is 5.32 Å². The van der Waals surface area contributed by atoms with Crippen LogP contribution in [0.1, 0.15) is 6.92 Å². The summed E-state index contributed by atoms with van der Waals surface area (Å²) < 4.78 is 0. The fraction of sp³-hybridized carbons (Fsp3) is 0.100. The largest absolute Gasteiger partial charge is 0.350 e. The quantitative estimate of drug-likeness (QED) is 0.447. The van der Waals surface area contributed by atoms with Crippen LogP contribution in [-0.4, -0.2) is 16.7 Å². The third-order valence-corrected chi connectivity index (χ3v) is 2.41. The number of nitrogens with one attached hydrogen (secondary N) is 2. The maximum absolute atomic E-state index is 10.4. The number of primary amides is 1. The van der Waals surface area contributed by atoms with Crippen molar-refractivity contribution in [2.24, 2.45) is 10.8 Å². The average Bonchev–Trinajstić information content (AvgIpc) is 2.28. The summed E-state index contributed by atoms with van der Waals surface area (Å²) in [5.74, 6) is 0. The molecule has 0 aliphatic carbocycles. The second-order valence-corrected chi connectivity index (χ2v) is 3.98. The number of carbonyl (C=O) groups is 1. The van der Waals surface area contributed by atoms with E-state index >= 15 is 0 Å². The van der Waals surface area contributed by atoms with E-state index in [0.29, 0.717) is 15.7 Å². The van der Waals surface area contributed by atoms with Crippen molar-refractivity contribution in [3.05, 3.63) is 29.3 Å². The van der Waals surface area contributed by atoms with Gasteiger partial charge in [-0.25, -0.2) is 10.2 Å². The number of nitrogens with two attached hydrogens (primary N) is 1. The monoisotopic (exact) mass is 270 g/mol. The summed E-state index contributed by atoms with van der Waals surface area (Å²) in [5.41, 5.74) is 8.21. The van der Waals surface area contributed by atoms with E-state index in [2.05, 4.69) is 15.8 Å². The molecule has 0 saturated carbocycles. The van der Waals surface area contributed by atoms with Gasteiger partial charge in [0.15, 0.2) is 0 Å². The first-order valence-corrected chi connectivity index (χ1v) is 5.44. The van der Waals surface area contributed by atoms with Gasteiger partial charge in [-0.15, -0.1) is 0 Å². The highest BCUT2D eigenvalue weighted by molar-refractivity contribution is 7.82. The third-order valence-electron chi connectivity index (χ3n) is 1.76. The molecule has 5 nitrogen and oxygen atoms in total. The Hall–Kier alpha value is -1.66. The topological polar surface area (TPSA) is 79.5 Å². The first-order valence-electron chi connectivity index (χ1n) is 4.65. The minimum absolute atomic E-state index is 0.390. The molecule has 0 unspecified atom stereocenters. The number of halogens is 1. The van der Waals surface area contributed by atoms with Gasteiger partial charge in [0, 0.05) is 10.7 Å². The Morgan fingerprint density at radius 1 is 1.41 bits per heavy atom. The Morgan fingerprint density at radius 2 is 2.00 bits per heavy atom. The zero-order valence-corrected chi connectivity index (χ0v) is 10.6. The molecule has 2 amide bonds. The molecule has 0 fully saturated rings. The Balaban J connectivity index is 2.63. The Morgan fingerprint density at radius 3 is 2.53 bits per heavy atom. The average molecular weight is 271 g/mol. The molecule has 90 valence electrons. The zero-order valence-electron chi connectivity index (χ0n) is 9.03. The summed E-state index contributed by atoms with van der Waals surface area (Å²) in [6, 6.07) is 6.30. The highest BCUT2D eigenvalue weighted by atomic mass is 35.5. The maximum Gasteiger partial charge on any atom is 0.332 e. The lowest BCUT2D eigenvalue weighted by Crippen LogP contribution is -2.28. The van der Waals surface area contributed by atoms with Gasteiger partial charge in [0.25, 0.3) is 0 Å². The Bertz CT molecular complexity index is 458. The third kappa shape index (κ3) is 4.80. The van der Waals surface area contributed by atoms with Gasteiger partial charge in [0.2, 0.25) is 0 Å². The van der Waals surface area contributed by atoms with Crippen LogP contribution in [0.25, 0.3) is 0 Å². The van der Waals surface area contributed by atoms with Gasteiger partial charge in [-0.1, -0.05) is 23.8 Å². The molecule has 0 saturated heterocycles. The molecule has 1 aromatic carbocycles. The van der Waals surface area contributed by atoms with Gasteiger partial charge in [0.1, 0.15) is 4.99 Å². The molecular formula is C10H11ClN4OS. The number of rotatable bonds is 3. The number of carbonyl (C=O) groups excluding carboxylic acids is 1. The van der Waals surface area contributed by atoms with E-state index in [-0.39, 0.29) is 0 Å². The minimum atomic E-state index is -0.737. The first-order chi connectivity index (χ1) is 7.99. The number of urea groups is 1. The predicted molar refractivity (Wildman–Crippen MR) is 73.5 cm³/mol. The van der Waals surface area contributed by atoms with E-state index in [9.17, 15) is 4.79 Å². The Labute approximate surface area is 109 Å². The van der Waals surface area contributed by atoms with Gasteiger partial charge < -0.3 is 11.1 Å². The molecule has 7 heteroatoms. The molecule has 0 spiro atoms. The smallest absolute Gasteiger partial charge is 0.332 e. The van der Waals surface area contributed by atoms with Crippen LogP contribution in [-0.2, 0) is 0 Å². The number of thiocarbonyl (C=S) groups is 1. The molecule has 4 N–H and O–H groups in total. The molecule has 0 aromatic heterocycles. The number of hydrogen-bond acceptors (Lipinski definition) is 3. The van der Waals surface area contributed by atoms with E-state index in [1.165, 1.54) is 0 Å². The number of hydrogen-bond donors (Lipinski definition) is 3. The van der Waals surface area contributed by atoms with Crippen LogP contribution in [0.5, 0.6) is 0 Å². The summed E-state index contributed by atoms with van der Waals surface area (Å²) in [6.45, 7) is 1.65. The van der Waals surface area contributed by atoms with Gasteiger partial charge in [-0.2, -0.15) is 5.10 Å². The van der Waals surface area contributed by atoms with Crippen molar-refractivity contribution >= 4 is 46.2 Å². The van der Waals surface area contributed by atoms with E-state index < -0.39 is 6.03 Å². The Kier molecular flexibility index (Phi) is 4.86. The number of nitrogens with zero attached hydrogens (tertiary/aromatic N) is 1. The van der Waals surface area contributed by atoms with Crippen LogP contribution in [0.3, 0.4) is 0 Å². The van der Waals surface area contributed by atoms with Crippen LogP contribution < -0.4 is 16.5 Å². The van der Waals surface area contributed by atoms with Crippen molar-refractivity contribution in [1.82, 2.24) is 5.43 Å². The van der Waals surface area contributed by atoms with E-state index in [0.717, 1.165) is 5.69 Å². The van der Waals surface area contributed by atoms with Gasteiger partial charge in [-0.3, -0.25) is 0 Å². The van der Waals surface area contributed by atoms with Gasteiger partial charge >= 0.3 is 6.03 Å². The minimum Gasteiger partial charge on any atom is -0.350 e. The van der Waals surface area contributed by atoms with Crippen molar-refractivity contribution in [3.63, 3.8) is 0 Å². The fourth-order valence-corrected chi connectivity index (χ4v) is 1.23. The highest BCUT2D eigenvalue weighted by Gasteiger charge is 2.02. The normalized spacial score (nSPS) is 10.8. The summed E-state index contributed by atoms with van der Waals surface area (Å²) >= 11 is 10.8. The van der Waals surface area contributed by atoms with Crippen molar-refractivity contribution in [2.45, 2.75) is 6.92 Å². The molecule has 0 aliphatic heterocycles. The molecule has 17 heavy (non-hydrogen) atoms. The first kappa shape index (κ1) is 13.4. The second kappa shape index (κ2) is 6.17. The van der Waals surface area contributed by atoms with Crippen molar-refractivity contribution in [3.8, 4) is 0 Å². The van der Waals surface area contributed by atoms with Gasteiger partial charge in [0.05, 0.1) is 5.71 Å². The lowest BCUT2D eigenvalue weighted by atomic mass is 10.3. The number of amides is 2. The molecular weight excluding hydrogens is 260 g/mol. The van der Waals surface area contributed by atoms with Crippen LogP contribution in [0, 0.1) is 0 Å². The van der Waals surface area contributed by atoms with Crippen LogP contribution in [0.4, 0.5) is 10.5 Å². The number of benzene rings is 1. The molecule has 0 aliphatic rings. The maximum atomic E-state index is 10.4. The molecule has 1 aromatic rings. The summed E-state index contributed by atoms with van der Waals surface area (Å²) in [5, 5.41) is 7.28. The standard InChI is InChI=1S/C10H11ClN4OS/c1-6(14-15-10(12)16)9(17)13-8-4-2-7(11)3-5-8/h2-5H,1H3,(H,13,17)(H3,12,15,16)/b14-6-. The zero-order chi connectivity index (χ0) is 12.8. The highest BCUT2D eigenvalue weighted by Crippen LogP contribution is 2.13. The van der Waals surface area contributed by atoms with E-state index in [1.807, 2.05) is 0 Å². The lowest BCUT2D eigenvalue weighted by Gasteiger charge is -2.07. The van der Waals surface area contributed by atoms with E-state index in [1.54, 1.807) is 31.2 Å². The number of anilines is 1. The summed E-state index contributed by atoms with van der Waals surface area (Å²) in [7, 11) is 0. The molecule has 0 bridgehead atoms. The predicted octanol–water partition coefficient (Wildman–Crippen LogP) is 2.12. The molecule has 0 radical (unpaired) electrons.